The fourth-order valence-corrected chi connectivity index (χ4v) is 11.5. The second kappa shape index (κ2) is 60.3. The molecule has 2 fully saturated rings. The molecule has 12 atom stereocenters. The lowest BCUT2D eigenvalue weighted by Gasteiger charge is -2.46. The number of aliphatic hydroxyl groups excluding tert-OH is 8. The second-order valence-electron chi connectivity index (χ2n) is 25.3. The maximum Gasteiger partial charge on any atom is 0.220 e. The smallest absolute Gasteiger partial charge is 0.220 e. The number of rotatable bonds is 59. The van der Waals surface area contributed by atoms with Crippen molar-refractivity contribution in [3.05, 3.63) is 109 Å². The van der Waals surface area contributed by atoms with Crippen LogP contribution in [0.15, 0.2) is 109 Å². The van der Waals surface area contributed by atoms with E-state index in [-0.39, 0.29) is 12.5 Å². The molecule has 0 aromatic carbocycles. The van der Waals surface area contributed by atoms with E-state index in [0.29, 0.717) is 19.3 Å². The molecule has 91 heavy (non-hydrogen) atoms. The van der Waals surface area contributed by atoms with Gasteiger partial charge in [0.05, 0.1) is 32.0 Å². The molecule has 1 amide bonds. The van der Waals surface area contributed by atoms with Crippen LogP contribution in [-0.4, -0.2) is 140 Å². The third-order valence-electron chi connectivity index (χ3n) is 17.3. The van der Waals surface area contributed by atoms with Crippen molar-refractivity contribution in [3.63, 3.8) is 0 Å². The highest BCUT2D eigenvalue weighted by atomic mass is 16.7. The summed E-state index contributed by atoms with van der Waals surface area (Å²) < 4.78 is 22.9. The van der Waals surface area contributed by atoms with Gasteiger partial charge >= 0.3 is 0 Å². The number of allylic oxidation sites excluding steroid dienone is 18. The van der Waals surface area contributed by atoms with Crippen molar-refractivity contribution in [2.24, 2.45) is 0 Å². The Balaban J connectivity index is 1.64. The van der Waals surface area contributed by atoms with E-state index in [1.54, 1.807) is 0 Å². The van der Waals surface area contributed by atoms with Gasteiger partial charge in [-0.2, -0.15) is 0 Å². The van der Waals surface area contributed by atoms with Crippen LogP contribution in [0.1, 0.15) is 277 Å². The van der Waals surface area contributed by atoms with Crippen molar-refractivity contribution in [3.8, 4) is 0 Å². The van der Waals surface area contributed by atoms with Crippen LogP contribution in [0.2, 0.25) is 0 Å². The van der Waals surface area contributed by atoms with Crippen LogP contribution in [0.5, 0.6) is 0 Å². The van der Waals surface area contributed by atoms with Crippen LogP contribution in [0.25, 0.3) is 0 Å². The fraction of sp³-hybridized carbons (Fsp3) is 0.753. The van der Waals surface area contributed by atoms with E-state index in [1.165, 1.54) is 135 Å². The topological polar surface area (TPSA) is 228 Å². The Bertz CT molecular complexity index is 1950. The number of amides is 1. The molecule has 9 N–H and O–H groups in total. The zero-order valence-electron chi connectivity index (χ0n) is 57.1. The molecule has 2 aliphatic rings. The molecule has 2 rings (SSSR count). The van der Waals surface area contributed by atoms with Gasteiger partial charge in [0, 0.05) is 6.42 Å². The molecule has 12 unspecified atom stereocenters. The molecule has 2 aliphatic heterocycles. The molecular formula is C77H133NO13. The molecule has 0 spiro atoms. The minimum atomic E-state index is -1.79. The van der Waals surface area contributed by atoms with Gasteiger partial charge in [0.1, 0.15) is 48.8 Å². The quantitative estimate of drug-likeness (QED) is 0.0204. The second-order valence-corrected chi connectivity index (χ2v) is 25.3. The fourth-order valence-electron chi connectivity index (χ4n) is 11.5. The van der Waals surface area contributed by atoms with E-state index < -0.39 is 86.8 Å². The Morgan fingerprint density at radius 2 is 0.758 bits per heavy atom. The number of unbranched alkanes of at least 4 members (excludes halogenated alkanes) is 28. The molecule has 0 radical (unpaired) electrons. The lowest BCUT2D eigenvalue weighted by molar-refractivity contribution is -0.359. The van der Waals surface area contributed by atoms with Gasteiger partial charge in [0.15, 0.2) is 12.6 Å². The highest BCUT2D eigenvalue weighted by Crippen LogP contribution is 2.30. The molecule has 0 bridgehead atoms. The zero-order chi connectivity index (χ0) is 65.9. The van der Waals surface area contributed by atoms with Crippen molar-refractivity contribution in [2.75, 3.05) is 19.8 Å². The molecule has 0 aromatic rings. The average Bonchev–Trinajstić information content (AvgIpc) is 1.04. The van der Waals surface area contributed by atoms with Gasteiger partial charge in [-0.15, -0.1) is 0 Å². The predicted octanol–water partition coefficient (Wildman–Crippen LogP) is 15.5. The van der Waals surface area contributed by atoms with E-state index >= 15 is 0 Å². The predicted molar refractivity (Wildman–Crippen MR) is 373 cm³/mol. The van der Waals surface area contributed by atoms with Crippen LogP contribution in [-0.2, 0) is 23.7 Å². The summed E-state index contributed by atoms with van der Waals surface area (Å²) in [7, 11) is 0. The third kappa shape index (κ3) is 44.1. The van der Waals surface area contributed by atoms with Crippen molar-refractivity contribution < 1.29 is 64.6 Å². The SMILES string of the molecule is CC/C=C\C/C=C\C/C=C\C/C=C\C/C=C\C/C=C\C/C=C\C/C=C\C/C=C\CCCCCCCCCCCC(=O)NC(COC1OC(CO)C(OC2OC(CO)C(O)C(O)C2O)C(O)C1O)C(O)CCCCCCCCCCCCCCCCCCCCCC. The molecule has 0 aromatic heterocycles. The monoisotopic (exact) mass is 1280 g/mol. The van der Waals surface area contributed by atoms with E-state index in [0.717, 1.165) is 109 Å². The van der Waals surface area contributed by atoms with Gasteiger partial charge in [0.2, 0.25) is 5.91 Å². The van der Waals surface area contributed by atoms with Crippen molar-refractivity contribution in [1.29, 1.82) is 0 Å². The summed E-state index contributed by atoms with van der Waals surface area (Å²) in [6, 6.07) is -0.840. The number of carbonyl (C=O) groups excluding carboxylic acids is 1. The lowest BCUT2D eigenvalue weighted by atomic mass is 9.97. The largest absolute Gasteiger partial charge is 0.394 e. The van der Waals surface area contributed by atoms with Crippen molar-refractivity contribution >= 4 is 5.91 Å². The van der Waals surface area contributed by atoms with Gasteiger partial charge in [-0.05, 0) is 83.5 Å². The zero-order valence-corrected chi connectivity index (χ0v) is 57.1. The normalized spacial score (nSPS) is 23.5. The summed E-state index contributed by atoms with van der Waals surface area (Å²) in [4.78, 5) is 13.4. The first-order chi connectivity index (χ1) is 44.6. The Labute approximate surface area is 553 Å². The van der Waals surface area contributed by atoms with Crippen LogP contribution < -0.4 is 5.32 Å². The van der Waals surface area contributed by atoms with Gasteiger partial charge in [-0.25, -0.2) is 0 Å². The molecule has 524 valence electrons. The summed E-state index contributed by atoms with van der Waals surface area (Å²) in [6.07, 6.45) is 69.5. The number of hydrogen-bond donors (Lipinski definition) is 9. The summed E-state index contributed by atoms with van der Waals surface area (Å²) in [5.41, 5.74) is 0. The maximum absolute atomic E-state index is 13.4. The Morgan fingerprint density at radius 3 is 1.16 bits per heavy atom. The van der Waals surface area contributed by atoms with Crippen LogP contribution in [0.4, 0.5) is 0 Å². The molecular weight excluding hydrogens is 1150 g/mol. The third-order valence-corrected chi connectivity index (χ3v) is 17.3. The number of hydrogen-bond acceptors (Lipinski definition) is 13. The molecule has 0 saturated carbocycles. The molecule has 14 heteroatoms. The molecule has 14 nitrogen and oxygen atoms in total. The highest BCUT2D eigenvalue weighted by molar-refractivity contribution is 5.76. The molecule has 2 heterocycles. The van der Waals surface area contributed by atoms with Gasteiger partial charge in [-0.1, -0.05) is 297 Å². The lowest BCUT2D eigenvalue weighted by Crippen LogP contribution is -2.65. The van der Waals surface area contributed by atoms with Crippen molar-refractivity contribution in [1.82, 2.24) is 5.32 Å². The minimum Gasteiger partial charge on any atom is -0.394 e. The maximum atomic E-state index is 13.4. The van der Waals surface area contributed by atoms with Gasteiger partial charge in [-0.3, -0.25) is 4.79 Å². The summed E-state index contributed by atoms with van der Waals surface area (Å²) in [6.45, 7) is 2.76. The number of ether oxygens (including phenoxy) is 4. The van der Waals surface area contributed by atoms with Crippen LogP contribution in [0, 0.1) is 0 Å². The first-order valence-corrected chi connectivity index (χ1v) is 36.6. The Morgan fingerprint density at radius 1 is 0.407 bits per heavy atom. The van der Waals surface area contributed by atoms with E-state index in [2.05, 4.69) is 129 Å². The summed E-state index contributed by atoms with van der Waals surface area (Å²) in [5.74, 6) is -0.215. The highest BCUT2D eigenvalue weighted by Gasteiger charge is 2.51. The molecule has 2 saturated heterocycles. The first kappa shape index (κ1) is 83.7. The van der Waals surface area contributed by atoms with E-state index in [4.69, 9.17) is 18.9 Å². The summed E-state index contributed by atoms with van der Waals surface area (Å²) >= 11 is 0. The average molecular weight is 1280 g/mol. The van der Waals surface area contributed by atoms with E-state index in [9.17, 15) is 45.6 Å². The number of aliphatic hydroxyl groups is 8. The van der Waals surface area contributed by atoms with Crippen molar-refractivity contribution in [2.45, 2.75) is 351 Å². The van der Waals surface area contributed by atoms with Crippen LogP contribution >= 0.6 is 0 Å². The summed E-state index contributed by atoms with van der Waals surface area (Å²) in [5, 5.41) is 87.7. The minimum absolute atomic E-state index is 0.215. The number of carbonyl (C=O) groups is 1. The van der Waals surface area contributed by atoms with E-state index in [1.807, 2.05) is 0 Å². The number of nitrogens with one attached hydrogen (secondary N) is 1. The first-order valence-electron chi connectivity index (χ1n) is 36.6. The Kier molecular flexibility index (Phi) is 55.5. The molecule has 0 aliphatic carbocycles. The van der Waals surface area contributed by atoms with Gasteiger partial charge in [0.25, 0.3) is 0 Å². The van der Waals surface area contributed by atoms with Gasteiger partial charge < -0.3 is 65.1 Å². The standard InChI is InChI=1S/C77H133NO13/c1-3-5-7-9-11-13-15-17-19-21-23-25-26-27-28-29-30-31-32-33-34-35-36-37-38-39-40-41-43-45-47-49-51-53-55-57-59-61-69(82)78-65(66(81)60-58-56-54-52-50-48-46-44-42-24-22-20-18-16-14-12-10-8-6-4-2)64-88-76-74(87)72(85)75(68(63-80)90-76)91-77-73(86)71(84)70(83)67(62-79)89-77/h5,7,11,13,17,19,23,25,27-28,30-31,33-34,36-37,39-40,65-68,70-77,79-81,83-87H,3-4,6,8-10,12,14-16,18,20-22,24,26,29,32,35,38,41-64H2,1-2H3,(H,78,82)/b7-5-,13-11-,19-17-,25-23-,28-27-,31-30-,34-33-,37-36-,40-39-. The van der Waals surface area contributed by atoms with Crippen LogP contribution in [0.3, 0.4) is 0 Å². The Hall–Kier alpha value is -3.35.